The Balaban J connectivity index is 1.82. The van der Waals surface area contributed by atoms with Crippen LogP contribution < -0.4 is 0 Å². The van der Waals surface area contributed by atoms with Gasteiger partial charge in [-0.05, 0) is 19.3 Å². The Kier molecular flexibility index (Phi) is 13.3. The molecular weight excluding hydrogens is 344 g/mol. The highest BCUT2D eigenvalue weighted by Gasteiger charge is 2.36. The average Bonchev–Trinajstić information content (AvgIpc) is 2.97. The molecule has 0 aromatic heterocycles. The largest absolute Gasteiger partial charge is 0.298 e. The Labute approximate surface area is 162 Å². The molecule has 0 radical (unpaired) electrons. The number of hydrogen-bond donors (Lipinski definition) is 0. The second kappa shape index (κ2) is 14.6. The van der Waals surface area contributed by atoms with Gasteiger partial charge in [-0.15, -0.1) is 0 Å². The molecule has 0 amide bonds. The Morgan fingerprint density at radius 2 is 1.15 bits per heavy atom. The van der Waals surface area contributed by atoms with Crippen LogP contribution in [0.5, 0.6) is 0 Å². The van der Waals surface area contributed by atoms with E-state index in [0.717, 1.165) is 12.8 Å². The first-order valence-corrected chi connectivity index (χ1v) is 13.0. The van der Waals surface area contributed by atoms with E-state index in [0.29, 0.717) is 19.3 Å². The summed E-state index contributed by atoms with van der Waals surface area (Å²) in [6.07, 6.45) is 21.2. The molecule has 0 aromatic carbocycles. The summed E-state index contributed by atoms with van der Waals surface area (Å²) >= 11 is 0. The summed E-state index contributed by atoms with van der Waals surface area (Å²) in [5, 5.41) is -0.672. The van der Waals surface area contributed by atoms with Gasteiger partial charge >= 0.3 is 0 Å². The van der Waals surface area contributed by atoms with E-state index in [1.807, 2.05) is 0 Å². The molecule has 0 aromatic rings. The van der Waals surface area contributed by atoms with Crippen molar-refractivity contribution in [2.45, 2.75) is 128 Å². The van der Waals surface area contributed by atoms with Crippen molar-refractivity contribution in [3.8, 4) is 0 Å². The second-order valence-corrected chi connectivity index (χ2v) is 10.5. The van der Waals surface area contributed by atoms with Crippen molar-refractivity contribution in [1.29, 1.82) is 0 Å². The van der Waals surface area contributed by atoms with E-state index in [-0.39, 0.29) is 11.5 Å². The number of unbranched alkanes of at least 4 members (excludes halogenated alkanes) is 14. The minimum Gasteiger partial charge on any atom is -0.298 e. The fourth-order valence-corrected chi connectivity index (χ4v) is 5.88. The van der Waals surface area contributed by atoms with Crippen LogP contribution in [0.25, 0.3) is 0 Å². The Hall–Kier alpha value is -0.380. The SMILES string of the molecule is CCCCCCCCCCCCCCCCCC(=O)C1CCCS1(=O)=O. The number of carbonyl (C=O) groups excluding carboxylic acids is 1. The summed E-state index contributed by atoms with van der Waals surface area (Å²) in [4.78, 5) is 12.0. The van der Waals surface area contributed by atoms with Gasteiger partial charge in [0.05, 0.1) is 5.75 Å². The molecule has 1 heterocycles. The average molecular weight is 387 g/mol. The van der Waals surface area contributed by atoms with Crippen molar-refractivity contribution in [3.05, 3.63) is 0 Å². The maximum Gasteiger partial charge on any atom is 0.160 e. The van der Waals surface area contributed by atoms with Crippen molar-refractivity contribution in [2.24, 2.45) is 0 Å². The van der Waals surface area contributed by atoms with E-state index in [4.69, 9.17) is 0 Å². The van der Waals surface area contributed by atoms with Gasteiger partial charge in [0.25, 0.3) is 0 Å². The molecule has 0 aliphatic carbocycles. The van der Waals surface area contributed by atoms with Crippen molar-refractivity contribution >= 4 is 15.6 Å². The number of ketones is 1. The van der Waals surface area contributed by atoms with Crippen molar-refractivity contribution < 1.29 is 13.2 Å². The van der Waals surface area contributed by atoms with E-state index in [2.05, 4.69) is 6.92 Å². The smallest absolute Gasteiger partial charge is 0.160 e. The van der Waals surface area contributed by atoms with E-state index in [1.165, 1.54) is 83.5 Å². The molecule has 0 bridgehead atoms. The number of carbonyl (C=O) groups is 1. The third-order valence-corrected chi connectivity index (χ3v) is 7.94. The lowest BCUT2D eigenvalue weighted by Gasteiger charge is -2.08. The topological polar surface area (TPSA) is 51.2 Å². The molecule has 1 rings (SSSR count). The van der Waals surface area contributed by atoms with Gasteiger partial charge in [0.15, 0.2) is 15.6 Å². The van der Waals surface area contributed by atoms with Crippen LogP contribution in [0.2, 0.25) is 0 Å². The molecule has 1 saturated heterocycles. The molecule has 3 nitrogen and oxygen atoms in total. The molecule has 154 valence electrons. The van der Waals surface area contributed by atoms with Gasteiger partial charge in [-0.25, -0.2) is 8.42 Å². The van der Waals surface area contributed by atoms with Crippen molar-refractivity contribution in [2.75, 3.05) is 5.75 Å². The van der Waals surface area contributed by atoms with E-state index in [1.54, 1.807) is 0 Å². The van der Waals surface area contributed by atoms with Crippen LogP contribution in [0, 0.1) is 0 Å². The van der Waals surface area contributed by atoms with Crippen LogP contribution >= 0.6 is 0 Å². The third kappa shape index (κ3) is 10.7. The lowest BCUT2D eigenvalue weighted by Crippen LogP contribution is -2.25. The monoisotopic (exact) mass is 386 g/mol. The molecule has 26 heavy (non-hydrogen) atoms. The number of Topliss-reactive ketones (excluding diaryl/α,β-unsaturated/α-hetero) is 1. The first kappa shape index (κ1) is 23.7. The van der Waals surface area contributed by atoms with Crippen LogP contribution in [-0.4, -0.2) is 25.2 Å². The van der Waals surface area contributed by atoms with Crippen molar-refractivity contribution in [3.63, 3.8) is 0 Å². The lowest BCUT2D eigenvalue weighted by atomic mass is 10.0. The van der Waals surface area contributed by atoms with Gasteiger partial charge in [-0.3, -0.25) is 4.79 Å². The maximum absolute atomic E-state index is 12.0. The minimum atomic E-state index is -3.11. The molecule has 1 aliphatic heterocycles. The molecule has 1 aliphatic rings. The zero-order chi connectivity index (χ0) is 19.1. The first-order valence-electron chi connectivity index (χ1n) is 11.3. The fraction of sp³-hybridized carbons (Fsp3) is 0.955. The Morgan fingerprint density at radius 3 is 1.54 bits per heavy atom. The van der Waals surface area contributed by atoms with Crippen LogP contribution in [0.15, 0.2) is 0 Å². The molecule has 0 N–H and O–H groups in total. The zero-order valence-corrected chi connectivity index (χ0v) is 18.0. The molecule has 1 atom stereocenters. The zero-order valence-electron chi connectivity index (χ0n) is 17.1. The molecule has 0 spiro atoms. The number of rotatable bonds is 17. The lowest BCUT2D eigenvalue weighted by molar-refractivity contribution is -0.118. The van der Waals surface area contributed by atoms with E-state index < -0.39 is 15.1 Å². The predicted molar refractivity (Wildman–Crippen MR) is 111 cm³/mol. The predicted octanol–water partition coefficient (Wildman–Crippen LogP) is 6.39. The Morgan fingerprint density at radius 1 is 0.731 bits per heavy atom. The standard InChI is InChI=1S/C22H42O3S/c1-2-3-4-5-6-7-8-9-10-11-12-13-14-15-16-18-21(23)22-19-17-20-26(22,24)25/h22H,2-20H2,1H3. The molecule has 0 saturated carbocycles. The van der Waals surface area contributed by atoms with Gasteiger partial charge in [-0.1, -0.05) is 96.8 Å². The highest BCUT2D eigenvalue weighted by atomic mass is 32.2. The summed E-state index contributed by atoms with van der Waals surface area (Å²) in [5.74, 6) is 0.180. The number of hydrogen-bond acceptors (Lipinski definition) is 3. The van der Waals surface area contributed by atoms with E-state index >= 15 is 0 Å². The van der Waals surface area contributed by atoms with Crippen LogP contribution in [-0.2, 0) is 14.6 Å². The normalized spacial score (nSPS) is 19.0. The van der Waals surface area contributed by atoms with Crippen LogP contribution in [0.1, 0.15) is 122 Å². The molecule has 4 heteroatoms. The van der Waals surface area contributed by atoms with Gasteiger partial charge in [0, 0.05) is 6.42 Å². The van der Waals surface area contributed by atoms with Crippen molar-refractivity contribution in [1.82, 2.24) is 0 Å². The van der Waals surface area contributed by atoms with Gasteiger partial charge in [0.2, 0.25) is 0 Å². The maximum atomic E-state index is 12.0. The van der Waals surface area contributed by atoms with Crippen LogP contribution in [0.3, 0.4) is 0 Å². The highest BCUT2D eigenvalue weighted by Crippen LogP contribution is 2.23. The van der Waals surface area contributed by atoms with Gasteiger partial charge in [0.1, 0.15) is 5.25 Å². The van der Waals surface area contributed by atoms with Gasteiger partial charge in [-0.2, -0.15) is 0 Å². The quantitative estimate of drug-likeness (QED) is 0.272. The van der Waals surface area contributed by atoms with Crippen LogP contribution in [0.4, 0.5) is 0 Å². The summed E-state index contributed by atoms with van der Waals surface area (Å²) in [5.41, 5.74) is 0. The highest BCUT2D eigenvalue weighted by molar-refractivity contribution is 7.93. The minimum absolute atomic E-state index is 0.0304. The summed E-state index contributed by atoms with van der Waals surface area (Å²) < 4.78 is 23.5. The van der Waals surface area contributed by atoms with Gasteiger partial charge < -0.3 is 0 Å². The summed E-state index contributed by atoms with van der Waals surface area (Å²) in [7, 11) is -3.11. The van der Waals surface area contributed by atoms with E-state index in [9.17, 15) is 13.2 Å². The molecule has 1 unspecified atom stereocenters. The summed E-state index contributed by atoms with van der Waals surface area (Å²) in [6.45, 7) is 2.27. The first-order chi connectivity index (χ1) is 12.6. The second-order valence-electron chi connectivity index (χ2n) is 8.16. The fourth-order valence-electron chi connectivity index (χ4n) is 3.98. The third-order valence-electron chi connectivity index (χ3n) is 5.71. The Bertz CT molecular complexity index is 456. The molecule has 1 fully saturated rings. The summed E-state index contributed by atoms with van der Waals surface area (Å²) in [6, 6.07) is 0. The number of sulfone groups is 1. The molecular formula is C22H42O3S.